The Morgan fingerprint density at radius 3 is 2.69 bits per heavy atom. The first-order chi connectivity index (χ1) is 12.5. The zero-order valence-corrected chi connectivity index (χ0v) is 15.5. The standard InChI is InChI=1S/C17H24ClN5O3/c1-11-4-3-5-14(17(11)18)25-10-13(24)8-20-12(2)9-26-16-7-6-15(21-19)22-23-16/h3-7,12-13,20,24H,8-10,19H2,1-2H3,(H,21,22). The molecule has 2 atom stereocenters. The molecule has 0 aliphatic rings. The highest BCUT2D eigenvalue weighted by molar-refractivity contribution is 6.32. The van der Waals surface area contributed by atoms with Gasteiger partial charge in [-0.25, -0.2) is 5.84 Å². The maximum atomic E-state index is 10.0. The number of rotatable bonds is 10. The molecule has 0 aliphatic carbocycles. The molecule has 0 aliphatic heterocycles. The fraction of sp³-hybridized carbons (Fsp3) is 0.412. The van der Waals surface area contributed by atoms with Gasteiger partial charge in [0.25, 0.3) is 0 Å². The molecule has 2 rings (SSSR count). The second kappa shape index (κ2) is 10.1. The van der Waals surface area contributed by atoms with Crippen LogP contribution in [-0.4, -0.2) is 47.2 Å². The van der Waals surface area contributed by atoms with Gasteiger partial charge in [-0.05, 0) is 31.5 Å². The first kappa shape index (κ1) is 20.2. The molecule has 0 radical (unpaired) electrons. The Bertz CT molecular complexity index is 687. The maximum absolute atomic E-state index is 10.0. The third-order valence-electron chi connectivity index (χ3n) is 3.56. The predicted octanol–water partition coefficient (Wildman–Crippen LogP) is 1.52. The summed E-state index contributed by atoms with van der Waals surface area (Å²) in [6.45, 7) is 4.72. The summed E-state index contributed by atoms with van der Waals surface area (Å²) in [5.41, 5.74) is 3.32. The number of halogens is 1. The lowest BCUT2D eigenvalue weighted by Gasteiger charge is -2.18. The van der Waals surface area contributed by atoms with Gasteiger partial charge in [0.2, 0.25) is 5.88 Å². The van der Waals surface area contributed by atoms with E-state index in [-0.39, 0.29) is 12.6 Å². The number of aliphatic hydroxyl groups excluding tert-OH is 1. The smallest absolute Gasteiger partial charge is 0.233 e. The van der Waals surface area contributed by atoms with Gasteiger partial charge < -0.3 is 25.3 Å². The van der Waals surface area contributed by atoms with Crippen LogP contribution in [0.15, 0.2) is 30.3 Å². The van der Waals surface area contributed by atoms with Crippen LogP contribution in [0.4, 0.5) is 5.82 Å². The molecule has 0 spiro atoms. The van der Waals surface area contributed by atoms with Crippen molar-refractivity contribution in [2.75, 3.05) is 25.2 Å². The number of nitrogens with two attached hydrogens (primary N) is 1. The Morgan fingerprint density at radius 1 is 1.19 bits per heavy atom. The Hall–Kier alpha value is -2.13. The highest BCUT2D eigenvalue weighted by atomic mass is 35.5. The summed E-state index contributed by atoms with van der Waals surface area (Å²) in [6.07, 6.45) is -0.677. The van der Waals surface area contributed by atoms with Crippen LogP contribution in [0.5, 0.6) is 11.6 Å². The second-order valence-corrected chi connectivity index (χ2v) is 6.25. The maximum Gasteiger partial charge on any atom is 0.233 e. The van der Waals surface area contributed by atoms with Gasteiger partial charge in [-0.2, -0.15) is 0 Å². The number of aromatic nitrogens is 2. The van der Waals surface area contributed by atoms with Crippen LogP contribution in [0.3, 0.4) is 0 Å². The molecule has 0 bridgehead atoms. The lowest BCUT2D eigenvalue weighted by molar-refractivity contribution is 0.101. The number of aryl methyl sites for hydroxylation is 1. The first-order valence-corrected chi connectivity index (χ1v) is 8.60. The molecule has 9 heteroatoms. The van der Waals surface area contributed by atoms with Crippen molar-refractivity contribution < 1.29 is 14.6 Å². The van der Waals surface area contributed by atoms with Gasteiger partial charge in [0.15, 0.2) is 5.82 Å². The van der Waals surface area contributed by atoms with Gasteiger partial charge in [-0.3, -0.25) is 0 Å². The van der Waals surface area contributed by atoms with Crippen LogP contribution in [0.25, 0.3) is 0 Å². The number of anilines is 1. The quantitative estimate of drug-likeness (QED) is 0.362. The van der Waals surface area contributed by atoms with Gasteiger partial charge >= 0.3 is 0 Å². The average molecular weight is 382 g/mol. The minimum Gasteiger partial charge on any atom is -0.489 e. The number of hydrazine groups is 1. The number of nitrogen functional groups attached to an aromatic ring is 1. The third kappa shape index (κ3) is 6.30. The topological polar surface area (TPSA) is 115 Å². The molecular weight excluding hydrogens is 358 g/mol. The summed E-state index contributed by atoms with van der Waals surface area (Å²) >= 11 is 6.16. The van der Waals surface area contributed by atoms with E-state index in [0.29, 0.717) is 35.6 Å². The van der Waals surface area contributed by atoms with E-state index in [4.69, 9.17) is 26.9 Å². The normalized spacial score (nSPS) is 13.1. The number of nitrogens with zero attached hydrogens (tertiary/aromatic N) is 2. The zero-order chi connectivity index (χ0) is 18.9. The predicted molar refractivity (Wildman–Crippen MR) is 100 cm³/mol. The summed E-state index contributed by atoms with van der Waals surface area (Å²) in [5.74, 6) is 6.65. The van der Waals surface area contributed by atoms with E-state index in [1.807, 2.05) is 26.0 Å². The molecule has 0 saturated carbocycles. The number of hydrogen-bond donors (Lipinski definition) is 4. The Labute approximate surface area is 157 Å². The molecule has 0 saturated heterocycles. The van der Waals surface area contributed by atoms with Crippen molar-refractivity contribution in [2.24, 2.45) is 5.84 Å². The number of ether oxygens (including phenoxy) is 2. The third-order valence-corrected chi connectivity index (χ3v) is 4.04. The van der Waals surface area contributed by atoms with Crippen LogP contribution < -0.4 is 26.1 Å². The van der Waals surface area contributed by atoms with Gasteiger partial charge in [-0.15, -0.1) is 10.2 Å². The van der Waals surface area contributed by atoms with Crippen LogP contribution >= 0.6 is 11.6 Å². The minimum atomic E-state index is -0.677. The largest absolute Gasteiger partial charge is 0.489 e. The van der Waals surface area contributed by atoms with Crippen molar-refractivity contribution >= 4 is 17.4 Å². The molecular formula is C17H24ClN5O3. The fourth-order valence-electron chi connectivity index (χ4n) is 2.06. The minimum absolute atomic E-state index is 0.00122. The zero-order valence-electron chi connectivity index (χ0n) is 14.8. The Kier molecular flexibility index (Phi) is 7.86. The molecule has 1 heterocycles. The lowest BCUT2D eigenvalue weighted by atomic mass is 10.2. The molecule has 0 fully saturated rings. The van der Waals surface area contributed by atoms with Crippen LogP contribution in [0, 0.1) is 6.92 Å². The van der Waals surface area contributed by atoms with Crippen molar-refractivity contribution in [1.29, 1.82) is 0 Å². The van der Waals surface area contributed by atoms with Crippen molar-refractivity contribution in [2.45, 2.75) is 26.0 Å². The SMILES string of the molecule is Cc1cccc(OCC(O)CNC(C)COc2ccc(NN)nn2)c1Cl. The molecule has 1 aromatic heterocycles. The number of benzene rings is 1. The van der Waals surface area contributed by atoms with Crippen molar-refractivity contribution in [1.82, 2.24) is 15.5 Å². The molecule has 5 N–H and O–H groups in total. The van der Waals surface area contributed by atoms with Crippen LogP contribution in [-0.2, 0) is 0 Å². The fourth-order valence-corrected chi connectivity index (χ4v) is 2.24. The summed E-state index contributed by atoms with van der Waals surface area (Å²) in [4.78, 5) is 0. The number of aliphatic hydroxyl groups is 1. The van der Waals surface area contributed by atoms with Crippen molar-refractivity contribution in [3.05, 3.63) is 40.9 Å². The van der Waals surface area contributed by atoms with Gasteiger partial charge in [0.05, 0.1) is 5.02 Å². The summed E-state index contributed by atoms with van der Waals surface area (Å²) in [7, 11) is 0. The van der Waals surface area contributed by atoms with Gasteiger partial charge in [-0.1, -0.05) is 23.7 Å². The highest BCUT2D eigenvalue weighted by Gasteiger charge is 2.11. The molecule has 2 aromatic rings. The molecule has 1 aromatic carbocycles. The monoisotopic (exact) mass is 381 g/mol. The van der Waals surface area contributed by atoms with E-state index in [1.165, 1.54) is 0 Å². The second-order valence-electron chi connectivity index (χ2n) is 5.87. The average Bonchev–Trinajstić information content (AvgIpc) is 2.66. The summed E-state index contributed by atoms with van der Waals surface area (Å²) in [5, 5.41) is 21.5. The van der Waals surface area contributed by atoms with Crippen molar-refractivity contribution in [3.63, 3.8) is 0 Å². The molecule has 26 heavy (non-hydrogen) atoms. The van der Waals surface area contributed by atoms with Crippen LogP contribution in [0.1, 0.15) is 12.5 Å². The Balaban J connectivity index is 1.67. The van der Waals surface area contributed by atoms with E-state index in [9.17, 15) is 5.11 Å². The molecule has 2 unspecified atom stereocenters. The Morgan fingerprint density at radius 2 is 2.00 bits per heavy atom. The van der Waals surface area contributed by atoms with Gasteiger partial charge in [0, 0.05) is 18.7 Å². The van der Waals surface area contributed by atoms with E-state index >= 15 is 0 Å². The molecule has 8 nitrogen and oxygen atoms in total. The lowest BCUT2D eigenvalue weighted by Crippen LogP contribution is -2.39. The summed E-state index contributed by atoms with van der Waals surface area (Å²) in [6, 6.07) is 8.87. The van der Waals surface area contributed by atoms with Crippen LogP contribution in [0.2, 0.25) is 5.02 Å². The van der Waals surface area contributed by atoms with E-state index in [1.54, 1.807) is 18.2 Å². The van der Waals surface area contributed by atoms with E-state index < -0.39 is 6.10 Å². The van der Waals surface area contributed by atoms with E-state index in [2.05, 4.69) is 20.9 Å². The van der Waals surface area contributed by atoms with Gasteiger partial charge in [0.1, 0.15) is 25.1 Å². The van der Waals surface area contributed by atoms with Crippen molar-refractivity contribution in [3.8, 4) is 11.6 Å². The molecule has 142 valence electrons. The number of nitrogens with one attached hydrogen (secondary N) is 2. The molecule has 0 amide bonds. The summed E-state index contributed by atoms with van der Waals surface area (Å²) < 4.78 is 11.1. The highest BCUT2D eigenvalue weighted by Crippen LogP contribution is 2.27. The number of hydrogen-bond acceptors (Lipinski definition) is 8. The first-order valence-electron chi connectivity index (χ1n) is 8.22. The van der Waals surface area contributed by atoms with E-state index in [0.717, 1.165) is 5.56 Å².